The van der Waals surface area contributed by atoms with Crippen molar-refractivity contribution in [2.24, 2.45) is 10.9 Å². The van der Waals surface area contributed by atoms with Crippen LogP contribution in [0.3, 0.4) is 0 Å². The third-order valence-electron chi connectivity index (χ3n) is 3.74. The summed E-state index contributed by atoms with van der Waals surface area (Å²) in [6.45, 7) is 11.8. The van der Waals surface area contributed by atoms with Gasteiger partial charge in [0.25, 0.3) is 0 Å². The van der Waals surface area contributed by atoms with Crippen molar-refractivity contribution in [3.8, 4) is 0 Å². The van der Waals surface area contributed by atoms with Crippen LogP contribution in [0.5, 0.6) is 0 Å². The Kier molecular flexibility index (Phi) is 17.4. The normalized spacial score (nSPS) is 13.2. The van der Waals surface area contributed by atoms with Gasteiger partial charge >= 0.3 is 0 Å². The van der Waals surface area contributed by atoms with Crippen LogP contribution in [0.15, 0.2) is 4.99 Å². The number of halogens is 1. The first-order chi connectivity index (χ1) is 9.97. The zero-order chi connectivity index (χ0) is 16.1. The van der Waals surface area contributed by atoms with E-state index in [1.165, 1.54) is 38.6 Å². The van der Waals surface area contributed by atoms with Gasteiger partial charge in [0.2, 0.25) is 0 Å². The maximum atomic E-state index is 4.67. The van der Waals surface area contributed by atoms with E-state index >= 15 is 0 Å². The molecule has 0 radical (unpaired) electrons. The van der Waals surface area contributed by atoms with Gasteiger partial charge in [0.05, 0.1) is 0 Å². The van der Waals surface area contributed by atoms with Crippen LogP contribution in [0, 0.1) is 5.92 Å². The van der Waals surface area contributed by atoms with Crippen LogP contribution in [0.1, 0.15) is 59.8 Å². The predicted molar refractivity (Wildman–Crippen MR) is 110 cm³/mol. The SMILES string of the molecule is CCNC(=NCCCCCCCN(C)C)NC(C)C(C)C.I. The van der Waals surface area contributed by atoms with Gasteiger partial charge in [0.15, 0.2) is 5.96 Å². The summed E-state index contributed by atoms with van der Waals surface area (Å²) < 4.78 is 0. The highest BCUT2D eigenvalue weighted by atomic mass is 127. The van der Waals surface area contributed by atoms with Gasteiger partial charge in [-0.1, -0.05) is 33.1 Å². The fraction of sp³-hybridized carbons (Fsp3) is 0.941. The van der Waals surface area contributed by atoms with Crippen LogP contribution in [0.4, 0.5) is 0 Å². The Hall–Kier alpha value is -0.0400. The first kappa shape index (κ1) is 24.2. The molecule has 1 atom stereocenters. The standard InChI is InChI=1S/C17H38N4.HI/c1-7-18-17(20-16(4)15(2)3)19-13-11-9-8-10-12-14-21(5)6;/h15-16H,7-14H2,1-6H3,(H2,18,19,20);1H. The van der Waals surface area contributed by atoms with Crippen LogP contribution >= 0.6 is 24.0 Å². The Bertz CT molecular complexity index is 267. The molecule has 0 bridgehead atoms. The van der Waals surface area contributed by atoms with E-state index < -0.39 is 0 Å². The fourth-order valence-corrected chi connectivity index (χ4v) is 1.96. The van der Waals surface area contributed by atoms with E-state index in [4.69, 9.17) is 0 Å². The van der Waals surface area contributed by atoms with Crippen molar-refractivity contribution in [2.45, 2.75) is 65.8 Å². The summed E-state index contributed by atoms with van der Waals surface area (Å²) in [5.41, 5.74) is 0. The van der Waals surface area contributed by atoms with E-state index in [9.17, 15) is 0 Å². The van der Waals surface area contributed by atoms with Crippen molar-refractivity contribution >= 4 is 29.9 Å². The van der Waals surface area contributed by atoms with Gasteiger partial charge in [-0.3, -0.25) is 4.99 Å². The Balaban J connectivity index is 0. The molecule has 0 aliphatic heterocycles. The lowest BCUT2D eigenvalue weighted by Gasteiger charge is -2.20. The molecule has 2 N–H and O–H groups in total. The second-order valence-electron chi connectivity index (χ2n) is 6.51. The fourth-order valence-electron chi connectivity index (χ4n) is 1.96. The number of nitrogens with zero attached hydrogens (tertiary/aromatic N) is 2. The van der Waals surface area contributed by atoms with Crippen molar-refractivity contribution in [1.29, 1.82) is 0 Å². The van der Waals surface area contributed by atoms with Crippen LogP contribution in [0.2, 0.25) is 0 Å². The minimum atomic E-state index is 0. The van der Waals surface area contributed by atoms with Crippen LogP contribution in [-0.2, 0) is 0 Å². The predicted octanol–water partition coefficient (Wildman–Crippen LogP) is 3.72. The highest BCUT2D eigenvalue weighted by Crippen LogP contribution is 2.04. The molecule has 134 valence electrons. The van der Waals surface area contributed by atoms with E-state index in [1.807, 2.05) is 0 Å². The average molecular weight is 426 g/mol. The molecule has 0 amide bonds. The molecule has 0 fully saturated rings. The Labute approximate surface area is 155 Å². The Morgan fingerprint density at radius 3 is 2.14 bits per heavy atom. The number of hydrogen-bond donors (Lipinski definition) is 2. The van der Waals surface area contributed by atoms with Gasteiger partial charge in [0, 0.05) is 19.1 Å². The molecular formula is C17H39IN4. The van der Waals surface area contributed by atoms with Gasteiger partial charge in [-0.2, -0.15) is 0 Å². The number of hydrogen-bond acceptors (Lipinski definition) is 2. The summed E-state index contributed by atoms with van der Waals surface area (Å²) in [5, 5.41) is 6.80. The van der Waals surface area contributed by atoms with Crippen molar-refractivity contribution in [3.63, 3.8) is 0 Å². The molecule has 0 aliphatic rings. The molecule has 0 spiro atoms. The summed E-state index contributed by atoms with van der Waals surface area (Å²) >= 11 is 0. The quantitative estimate of drug-likeness (QED) is 0.229. The molecule has 5 heteroatoms. The van der Waals surface area contributed by atoms with Gasteiger partial charge in [-0.25, -0.2) is 0 Å². The molecule has 0 aromatic heterocycles. The van der Waals surface area contributed by atoms with Crippen molar-refractivity contribution in [1.82, 2.24) is 15.5 Å². The van der Waals surface area contributed by atoms with Crippen molar-refractivity contribution in [3.05, 3.63) is 0 Å². The third-order valence-corrected chi connectivity index (χ3v) is 3.74. The summed E-state index contributed by atoms with van der Waals surface area (Å²) in [5.74, 6) is 1.58. The second-order valence-corrected chi connectivity index (χ2v) is 6.51. The molecule has 0 aromatic carbocycles. The van der Waals surface area contributed by atoms with E-state index in [0.29, 0.717) is 12.0 Å². The lowest BCUT2D eigenvalue weighted by atomic mass is 10.1. The van der Waals surface area contributed by atoms with Crippen LogP contribution in [0.25, 0.3) is 0 Å². The number of unbranched alkanes of at least 4 members (excludes halogenated alkanes) is 4. The van der Waals surface area contributed by atoms with Gasteiger partial charge in [-0.15, -0.1) is 24.0 Å². The largest absolute Gasteiger partial charge is 0.357 e. The smallest absolute Gasteiger partial charge is 0.191 e. The second kappa shape index (κ2) is 15.8. The minimum absolute atomic E-state index is 0. The Morgan fingerprint density at radius 2 is 1.59 bits per heavy atom. The molecule has 0 rings (SSSR count). The minimum Gasteiger partial charge on any atom is -0.357 e. The van der Waals surface area contributed by atoms with E-state index in [2.05, 4.69) is 62.3 Å². The Morgan fingerprint density at radius 1 is 1.00 bits per heavy atom. The van der Waals surface area contributed by atoms with Crippen LogP contribution in [-0.4, -0.2) is 50.6 Å². The molecule has 0 aliphatic carbocycles. The first-order valence-electron chi connectivity index (χ1n) is 8.67. The first-order valence-corrected chi connectivity index (χ1v) is 8.67. The maximum absolute atomic E-state index is 4.67. The van der Waals surface area contributed by atoms with E-state index in [0.717, 1.165) is 19.0 Å². The topological polar surface area (TPSA) is 39.7 Å². The molecule has 0 heterocycles. The lowest BCUT2D eigenvalue weighted by Crippen LogP contribution is -2.44. The molecular weight excluding hydrogens is 387 g/mol. The summed E-state index contributed by atoms with van der Waals surface area (Å²) in [7, 11) is 4.28. The van der Waals surface area contributed by atoms with E-state index in [-0.39, 0.29) is 24.0 Å². The highest BCUT2D eigenvalue weighted by Gasteiger charge is 2.08. The number of aliphatic imine (C=N–C) groups is 1. The summed E-state index contributed by atoms with van der Waals surface area (Å²) in [6, 6.07) is 0.453. The molecule has 1 unspecified atom stereocenters. The highest BCUT2D eigenvalue weighted by molar-refractivity contribution is 14.0. The molecule has 0 aromatic rings. The zero-order valence-corrected chi connectivity index (χ0v) is 17.9. The molecule has 22 heavy (non-hydrogen) atoms. The molecule has 0 saturated heterocycles. The molecule has 4 nitrogen and oxygen atoms in total. The summed E-state index contributed by atoms with van der Waals surface area (Å²) in [6.07, 6.45) is 6.46. The number of guanidine groups is 1. The summed E-state index contributed by atoms with van der Waals surface area (Å²) in [4.78, 5) is 6.93. The van der Waals surface area contributed by atoms with E-state index in [1.54, 1.807) is 0 Å². The van der Waals surface area contributed by atoms with Gasteiger partial charge < -0.3 is 15.5 Å². The van der Waals surface area contributed by atoms with Crippen LogP contribution < -0.4 is 10.6 Å². The number of rotatable bonds is 11. The zero-order valence-electron chi connectivity index (χ0n) is 15.6. The number of nitrogens with one attached hydrogen (secondary N) is 2. The van der Waals surface area contributed by atoms with Gasteiger partial charge in [0.1, 0.15) is 0 Å². The lowest BCUT2D eigenvalue weighted by molar-refractivity contribution is 0.390. The average Bonchev–Trinajstić information content (AvgIpc) is 2.41. The van der Waals surface area contributed by atoms with Crippen molar-refractivity contribution < 1.29 is 0 Å². The van der Waals surface area contributed by atoms with Crippen molar-refractivity contribution in [2.75, 3.05) is 33.7 Å². The molecule has 0 saturated carbocycles. The maximum Gasteiger partial charge on any atom is 0.191 e. The third kappa shape index (κ3) is 14.9. The van der Waals surface area contributed by atoms with Gasteiger partial charge in [-0.05, 0) is 53.2 Å². The monoisotopic (exact) mass is 426 g/mol.